The molecule has 0 aliphatic carbocycles. The van der Waals surface area contributed by atoms with Gasteiger partial charge in [-0.1, -0.05) is 72.8 Å². The molecule has 2 aliphatic rings. The number of thioether (sulfide) groups is 1. The van der Waals surface area contributed by atoms with Crippen LogP contribution >= 0.6 is 11.8 Å². The number of ether oxygens (including phenoxy) is 1. The van der Waals surface area contributed by atoms with Crippen LogP contribution in [0.4, 0.5) is 5.82 Å². The van der Waals surface area contributed by atoms with Crippen LogP contribution in [-0.4, -0.2) is 56.4 Å². The molecule has 3 aromatic carbocycles. The summed E-state index contributed by atoms with van der Waals surface area (Å²) in [6.07, 6.45) is 3.20. The number of aromatic hydroxyl groups is 1. The highest BCUT2D eigenvalue weighted by Crippen LogP contribution is 2.43. The van der Waals surface area contributed by atoms with Crippen LogP contribution in [0.25, 0.3) is 0 Å². The highest BCUT2D eigenvalue weighted by Gasteiger charge is 2.54. The second-order valence-corrected chi connectivity index (χ2v) is 11.4. The van der Waals surface area contributed by atoms with E-state index in [-0.39, 0.29) is 47.9 Å². The summed E-state index contributed by atoms with van der Waals surface area (Å²) >= 11 is 1.52. The van der Waals surface area contributed by atoms with Crippen LogP contribution in [0.3, 0.4) is 0 Å². The number of hydrogen-bond donors (Lipinski definition) is 2. The van der Waals surface area contributed by atoms with Crippen molar-refractivity contribution in [3.8, 4) is 5.75 Å². The molecular formula is C33H30IN5O5S. The third kappa shape index (κ3) is 6.52. The van der Waals surface area contributed by atoms with Crippen molar-refractivity contribution in [1.29, 1.82) is 0 Å². The number of nitrogens with one attached hydrogen (secondary N) is 1. The molecule has 0 saturated carbocycles. The summed E-state index contributed by atoms with van der Waals surface area (Å²) in [7, 11) is 1.79. The number of phenolic OH excluding ortho intramolecular Hbond substituents is 1. The van der Waals surface area contributed by atoms with Gasteiger partial charge in [0.15, 0.2) is 30.7 Å². The number of aromatic nitrogens is 2. The van der Waals surface area contributed by atoms with Crippen molar-refractivity contribution in [3.63, 3.8) is 0 Å². The van der Waals surface area contributed by atoms with Crippen molar-refractivity contribution in [3.05, 3.63) is 125 Å². The molecule has 1 fully saturated rings. The lowest BCUT2D eigenvalue weighted by Gasteiger charge is -2.47. The smallest absolute Gasteiger partial charge is 0.356 e. The molecule has 0 spiro atoms. The number of β-lactam (4-membered cyclic amide) rings is 1. The summed E-state index contributed by atoms with van der Waals surface area (Å²) in [5.74, 6) is 0.170. The third-order valence-electron chi connectivity index (χ3n) is 7.65. The van der Waals surface area contributed by atoms with E-state index in [0.29, 0.717) is 29.1 Å². The van der Waals surface area contributed by atoms with Gasteiger partial charge in [0.1, 0.15) is 16.8 Å². The number of fused-ring (bicyclic) bond motifs is 1. The summed E-state index contributed by atoms with van der Waals surface area (Å²) in [4.78, 5) is 44.8. The molecule has 2 atom stereocenters. The molecule has 4 aromatic rings. The predicted molar refractivity (Wildman–Crippen MR) is 166 cm³/mol. The van der Waals surface area contributed by atoms with E-state index in [2.05, 4.69) is 10.3 Å². The van der Waals surface area contributed by atoms with E-state index in [0.717, 1.165) is 11.1 Å². The number of carbonyl (C=O) groups excluding carboxylic acids is 3. The fourth-order valence-electron chi connectivity index (χ4n) is 5.34. The maximum Gasteiger partial charge on any atom is 0.356 e. The molecule has 45 heavy (non-hydrogen) atoms. The van der Waals surface area contributed by atoms with Crippen LogP contribution in [0.2, 0.25) is 0 Å². The number of para-hydroxylation sites is 1. The molecule has 230 valence electrons. The van der Waals surface area contributed by atoms with Crippen molar-refractivity contribution >= 4 is 42.1 Å². The van der Waals surface area contributed by atoms with Gasteiger partial charge in [0, 0.05) is 23.1 Å². The zero-order valence-corrected chi connectivity index (χ0v) is 27.2. The van der Waals surface area contributed by atoms with Crippen molar-refractivity contribution in [2.75, 3.05) is 11.1 Å². The first-order valence-electron chi connectivity index (χ1n) is 14.0. The van der Waals surface area contributed by atoms with Crippen LogP contribution in [0.1, 0.15) is 22.8 Å². The standard InChI is InChI=1S/C33H29N5O5S.HI/c1-36-27(35-21-39)16-17-37(36)19-25-20-44-32-28(34-18-24-14-8-9-15-26(24)40)31(41)38(32)29(25)33(42)43-30(22-10-4-2-5-11-22)23-12-6-3-7-13-23;/h2-18,21,28,30,32H,19-20H2,1H3,(H,34,40);1H/t28-,32-;/m1./s1. The van der Waals surface area contributed by atoms with Gasteiger partial charge in [-0.3, -0.25) is 19.5 Å². The molecule has 10 nitrogen and oxygen atoms in total. The number of anilines is 1. The Morgan fingerprint density at radius 1 is 1.07 bits per heavy atom. The van der Waals surface area contributed by atoms with Gasteiger partial charge in [-0.2, -0.15) is 0 Å². The van der Waals surface area contributed by atoms with Crippen molar-refractivity contribution in [2.45, 2.75) is 24.1 Å². The van der Waals surface area contributed by atoms with Gasteiger partial charge < -0.3 is 39.1 Å². The quantitative estimate of drug-likeness (QED) is 0.0616. The minimum Gasteiger partial charge on any atom is -1.00 e. The van der Waals surface area contributed by atoms with E-state index in [1.165, 1.54) is 22.9 Å². The molecule has 2 aliphatic heterocycles. The molecule has 3 heterocycles. The van der Waals surface area contributed by atoms with Crippen LogP contribution < -0.4 is 34.0 Å². The number of benzene rings is 3. The molecule has 12 heteroatoms. The van der Waals surface area contributed by atoms with Gasteiger partial charge in [0.25, 0.3) is 5.91 Å². The lowest BCUT2D eigenvalue weighted by Crippen LogP contribution is -3.00. The van der Waals surface area contributed by atoms with E-state index >= 15 is 0 Å². The van der Waals surface area contributed by atoms with Crippen LogP contribution in [-0.2, 0) is 32.7 Å². The van der Waals surface area contributed by atoms with Gasteiger partial charge in [0.2, 0.25) is 6.41 Å². The van der Waals surface area contributed by atoms with Crippen molar-refractivity contribution < 1.29 is 52.9 Å². The van der Waals surface area contributed by atoms with Gasteiger partial charge in [-0.25, -0.2) is 4.79 Å². The Balaban J connectivity index is 0.00000400. The van der Waals surface area contributed by atoms with Crippen molar-refractivity contribution in [2.24, 2.45) is 12.0 Å². The number of rotatable bonds is 10. The number of phenols is 1. The molecule has 2 N–H and O–H groups in total. The van der Waals surface area contributed by atoms with E-state index in [1.807, 2.05) is 65.3 Å². The molecule has 6 rings (SSSR count). The van der Waals surface area contributed by atoms with Crippen LogP contribution in [0, 0.1) is 0 Å². The maximum absolute atomic E-state index is 14.2. The Morgan fingerprint density at radius 3 is 2.36 bits per heavy atom. The van der Waals surface area contributed by atoms with E-state index in [4.69, 9.17) is 4.74 Å². The first-order chi connectivity index (χ1) is 21.5. The minimum atomic E-state index is -0.714. The summed E-state index contributed by atoms with van der Waals surface area (Å²) in [6.45, 7) is 0.290. The Kier molecular flexibility index (Phi) is 10.0. The zero-order chi connectivity index (χ0) is 30.6. The number of nitrogens with zero attached hydrogens (tertiary/aromatic N) is 4. The summed E-state index contributed by atoms with van der Waals surface area (Å²) in [5.41, 5.74) is 3.01. The number of halogens is 1. The van der Waals surface area contributed by atoms with E-state index in [9.17, 15) is 19.5 Å². The molecule has 1 aromatic heterocycles. The molecule has 1 saturated heterocycles. The number of aliphatic imine (C=N–C) groups is 1. The average molecular weight is 736 g/mol. The fourth-order valence-corrected chi connectivity index (χ4v) is 6.67. The van der Waals surface area contributed by atoms with E-state index < -0.39 is 23.5 Å². The van der Waals surface area contributed by atoms with Gasteiger partial charge in [-0.05, 0) is 23.3 Å². The topological polar surface area (TPSA) is 117 Å². The zero-order valence-electron chi connectivity index (χ0n) is 24.2. The Hall–Kier alpha value is -4.43. The Labute approximate surface area is 281 Å². The normalized spacial score (nSPS) is 17.5. The fraction of sp³-hybridized carbons (Fsp3) is 0.182. The Morgan fingerprint density at radius 2 is 1.71 bits per heavy atom. The minimum absolute atomic E-state index is 0. The predicted octanol–water partition coefficient (Wildman–Crippen LogP) is 0.580. The number of esters is 1. The maximum atomic E-state index is 14.2. The second kappa shape index (κ2) is 14.1. The first-order valence-corrected chi connectivity index (χ1v) is 15.1. The lowest BCUT2D eigenvalue weighted by atomic mass is 10.0. The Bertz CT molecular complexity index is 1720. The number of carbonyl (C=O) groups is 3. The summed E-state index contributed by atoms with van der Waals surface area (Å²) < 4.78 is 9.84. The monoisotopic (exact) mass is 735 g/mol. The second-order valence-electron chi connectivity index (χ2n) is 10.3. The van der Waals surface area contributed by atoms with Crippen LogP contribution in [0.5, 0.6) is 5.75 Å². The molecule has 2 amide bonds. The summed E-state index contributed by atoms with van der Waals surface area (Å²) in [6, 6.07) is 26.8. The molecule has 0 unspecified atom stereocenters. The number of hydrogen-bond acceptors (Lipinski definition) is 7. The van der Waals surface area contributed by atoms with Gasteiger partial charge >= 0.3 is 5.97 Å². The van der Waals surface area contributed by atoms with Gasteiger partial charge in [-0.15, -0.1) is 21.1 Å². The molecule has 0 bridgehead atoms. The third-order valence-corrected chi connectivity index (χ3v) is 8.98. The average Bonchev–Trinajstić information content (AvgIpc) is 3.39. The highest BCUT2D eigenvalue weighted by molar-refractivity contribution is 8.00. The molecular weight excluding hydrogens is 705 g/mol. The van der Waals surface area contributed by atoms with Crippen LogP contribution in [0.15, 0.2) is 113 Å². The first kappa shape index (κ1) is 32.0. The van der Waals surface area contributed by atoms with E-state index in [1.54, 1.807) is 48.3 Å². The SMILES string of the molecule is Cn1c(NC=O)cc[n+]1CC1=C(C(=O)OC(c2ccccc2)c2ccccc2)N2C(=O)[C@@H](N=Cc3ccccc3O)[C@H]2SC1.[I-]. The largest absolute Gasteiger partial charge is 1.00 e. The highest BCUT2D eigenvalue weighted by atomic mass is 127. The number of amides is 2. The summed E-state index contributed by atoms with van der Waals surface area (Å²) in [5, 5.41) is 12.4. The lowest BCUT2D eigenvalue weighted by molar-refractivity contribution is -0.765. The molecule has 0 radical (unpaired) electrons. The van der Waals surface area contributed by atoms with Gasteiger partial charge in [0.05, 0.1) is 13.1 Å². The van der Waals surface area contributed by atoms with Crippen molar-refractivity contribution in [1.82, 2.24) is 9.58 Å².